The molecule has 0 unspecified atom stereocenters. The molecule has 2 N–H and O–H groups in total. The highest BCUT2D eigenvalue weighted by molar-refractivity contribution is 7.89. The molecule has 1 aromatic carbocycles. The van der Waals surface area contributed by atoms with Gasteiger partial charge in [0.1, 0.15) is 0 Å². The van der Waals surface area contributed by atoms with Crippen molar-refractivity contribution in [1.29, 1.82) is 0 Å². The summed E-state index contributed by atoms with van der Waals surface area (Å²) < 4.78 is 27.0. The smallest absolute Gasteiger partial charge is 0.243 e. The van der Waals surface area contributed by atoms with Gasteiger partial charge in [0.05, 0.1) is 23.6 Å². The van der Waals surface area contributed by atoms with E-state index in [0.717, 1.165) is 0 Å². The molecule has 0 fully saturated rings. The Labute approximate surface area is 133 Å². The van der Waals surface area contributed by atoms with E-state index in [2.05, 4.69) is 6.58 Å². The molecule has 5 nitrogen and oxygen atoms in total. The molecule has 0 heterocycles. The molecular formula is C16H25NO4S. The van der Waals surface area contributed by atoms with Gasteiger partial charge in [0.2, 0.25) is 10.0 Å². The molecule has 0 aliphatic rings. The number of benzene rings is 1. The summed E-state index contributed by atoms with van der Waals surface area (Å²) in [5.41, 5.74) is 0.653. The van der Waals surface area contributed by atoms with Crippen LogP contribution in [-0.2, 0) is 10.0 Å². The van der Waals surface area contributed by atoms with Gasteiger partial charge < -0.3 is 10.2 Å². The standard InChI is InChI=1S/C16H25NO4S/c1-5-6-15(11-18)17(12(2)3)22(20,21)16-9-7-14(8-10-16)13(4)19/h5,7-10,12-13,15,18-19H,1,6,11H2,2-4H3/t13-,15-/m0/s1. The number of aliphatic hydroxyl groups is 2. The van der Waals surface area contributed by atoms with Crippen molar-refractivity contribution in [1.82, 2.24) is 4.31 Å². The molecule has 6 heteroatoms. The van der Waals surface area contributed by atoms with Crippen molar-refractivity contribution in [3.8, 4) is 0 Å². The molecule has 0 bridgehead atoms. The first-order valence-electron chi connectivity index (χ1n) is 7.29. The maximum Gasteiger partial charge on any atom is 0.243 e. The van der Waals surface area contributed by atoms with Crippen LogP contribution in [0.3, 0.4) is 0 Å². The lowest BCUT2D eigenvalue weighted by atomic mass is 10.1. The minimum absolute atomic E-state index is 0.146. The second-order valence-corrected chi connectivity index (χ2v) is 7.38. The topological polar surface area (TPSA) is 77.8 Å². The van der Waals surface area contributed by atoms with Crippen LogP contribution in [0.1, 0.15) is 38.9 Å². The van der Waals surface area contributed by atoms with Crippen molar-refractivity contribution in [3.05, 3.63) is 42.5 Å². The molecular weight excluding hydrogens is 302 g/mol. The molecule has 0 aliphatic heterocycles. The molecule has 2 atom stereocenters. The van der Waals surface area contributed by atoms with Crippen LogP contribution in [0.4, 0.5) is 0 Å². The molecule has 0 saturated carbocycles. The van der Waals surface area contributed by atoms with Crippen LogP contribution in [0.2, 0.25) is 0 Å². The molecule has 0 aromatic heterocycles. The molecule has 124 valence electrons. The van der Waals surface area contributed by atoms with Gasteiger partial charge in [-0.25, -0.2) is 8.42 Å². The van der Waals surface area contributed by atoms with Crippen molar-refractivity contribution in [2.45, 2.75) is 50.3 Å². The number of nitrogens with zero attached hydrogens (tertiary/aromatic N) is 1. The van der Waals surface area contributed by atoms with E-state index in [-0.39, 0.29) is 17.5 Å². The monoisotopic (exact) mass is 327 g/mol. The Morgan fingerprint density at radius 3 is 2.14 bits per heavy atom. The van der Waals surface area contributed by atoms with Crippen molar-refractivity contribution in [2.75, 3.05) is 6.61 Å². The highest BCUT2D eigenvalue weighted by Gasteiger charge is 2.32. The first-order chi connectivity index (χ1) is 10.3. The first-order valence-corrected chi connectivity index (χ1v) is 8.73. The van der Waals surface area contributed by atoms with Gasteiger partial charge in [-0.3, -0.25) is 0 Å². The average Bonchev–Trinajstić information content (AvgIpc) is 2.46. The van der Waals surface area contributed by atoms with E-state index in [1.54, 1.807) is 39.0 Å². The first kappa shape index (κ1) is 18.8. The molecule has 1 rings (SSSR count). The quantitative estimate of drug-likeness (QED) is 0.717. The minimum atomic E-state index is -3.73. The van der Waals surface area contributed by atoms with E-state index in [4.69, 9.17) is 0 Å². The van der Waals surface area contributed by atoms with Crippen LogP contribution in [-0.4, -0.2) is 41.6 Å². The predicted molar refractivity (Wildman–Crippen MR) is 86.9 cm³/mol. The maximum absolute atomic E-state index is 12.8. The normalized spacial score (nSPS) is 15.0. The van der Waals surface area contributed by atoms with Crippen molar-refractivity contribution in [2.24, 2.45) is 0 Å². The van der Waals surface area contributed by atoms with Gasteiger partial charge in [0.25, 0.3) is 0 Å². The van der Waals surface area contributed by atoms with Crippen LogP contribution >= 0.6 is 0 Å². The minimum Gasteiger partial charge on any atom is -0.395 e. The summed E-state index contributed by atoms with van der Waals surface area (Å²) in [7, 11) is -3.73. The zero-order valence-corrected chi connectivity index (χ0v) is 14.1. The average molecular weight is 327 g/mol. The van der Waals surface area contributed by atoms with Crippen LogP contribution in [0.25, 0.3) is 0 Å². The van der Waals surface area contributed by atoms with E-state index in [0.29, 0.717) is 12.0 Å². The number of rotatable bonds is 8. The lowest BCUT2D eigenvalue weighted by Gasteiger charge is -2.32. The van der Waals surface area contributed by atoms with Gasteiger partial charge >= 0.3 is 0 Å². The van der Waals surface area contributed by atoms with Crippen molar-refractivity contribution >= 4 is 10.0 Å². The van der Waals surface area contributed by atoms with E-state index in [9.17, 15) is 18.6 Å². The van der Waals surface area contributed by atoms with Crippen LogP contribution in [0.5, 0.6) is 0 Å². The Morgan fingerprint density at radius 2 is 1.77 bits per heavy atom. The summed E-state index contributed by atoms with van der Waals surface area (Å²) in [6, 6.07) is 5.32. The van der Waals surface area contributed by atoms with E-state index in [1.165, 1.54) is 16.4 Å². The van der Waals surface area contributed by atoms with E-state index >= 15 is 0 Å². The molecule has 1 aromatic rings. The summed E-state index contributed by atoms with van der Waals surface area (Å²) in [5.74, 6) is 0. The summed E-state index contributed by atoms with van der Waals surface area (Å²) in [6.07, 6.45) is 1.33. The van der Waals surface area contributed by atoms with Gasteiger partial charge in [-0.15, -0.1) is 6.58 Å². The fourth-order valence-corrected chi connectivity index (χ4v) is 4.21. The molecule has 0 spiro atoms. The van der Waals surface area contributed by atoms with Gasteiger partial charge in [-0.05, 0) is 44.9 Å². The lowest BCUT2D eigenvalue weighted by molar-refractivity contribution is 0.169. The van der Waals surface area contributed by atoms with Crippen LogP contribution in [0.15, 0.2) is 41.8 Å². The van der Waals surface area contributed by atoms with E-state index in [1.807, 2.05) is 0 Å². The van der Waals surface area contributed by atoms with Gasteiger partial charge in [-0.1, -0.05) is 18.2 Å². The highest BCUT2D eigenvalue weighted by Crippen LogP contribution is 2.24. The summed E-state index contributed by atoms with van der Waals surface area (Å²) in [5, 5.41) is 19.0. The van der Waals surface area contributed by atoms with Gasteiger partial charge in [0, 0.05) is 6.04 Å². The lowest BCUT2D eigenvalue weighted by Crippen LogP contribution is -2.46. The zero-order chi connectivity index (χ0) is 16.9. The maximum atomic E-state index is 12.8. The zero-order valence-electron chi connectivity index (χ0n) is 13.3. The number of hydrogen-bond acceptors (Lipinski definition) is 4. The summed E-state index contributed by atoms with van der Waals surface area (Å²) >= 11 is 0. The Kier molecular flexibility index (Phi) is 6.74. The largest absolute Gasteiger partial charge is 0.395 e. The third-order valence-corrected chi connectivity index (χ3v) is 5.60. The Balaban J connectivity index is 3.24. The Morgan fingerprint density at radius 1 is 1.23 bits per heavy atom. The molecule has 0 saturated heterocycles. The summed E-state index contributed by atoms with van der Waals surface area (Å²) in [4.78, 5) is 0.146. The second kappa shape index (κ2) is 7.87. The third-order valence-electron chi connectivity index (χ3n) is 3.46. The van der Waals surface area contributed by atoms with Gasteiger partial charge in [-0.2, -0.15) is 4.31 Å². The highest BCUT2D eigenvalue weighted by atomic mass is 32.2. The number of hydrogen-bond donors (Lipinski definition) is 2. The number of sulfonamides is 1. The Bertz CT molecular complexity index is 579. The third kappa shape index (κ3) is 4.16. The number of aliphatic hydroxyl groups excluding tert-OH is 2. The predicted octanol–water partition coefficient (Wildman–Crippen LogP) is 2.08. The van der Waals surface area contributed by atoms with Crippen LogP contribution < -0.4 is 0 Å². The fraction of sp³-hybridized carbons (Fsp3) is 0.500. The Hall–Kier alpha value is -1.21. The van der Waals surface area contributed by atoms with Crippen molar-refractivity contribution < 1.29 is 18.6 Å². The molecule has 0 amide bonds. The second-order valence-electron chi connectivity index (χ2n) is 5.53. The summed E-state index contributed by atoms with van der Waals surface area (Å²) in [6.45, 7) is 8.51. The molecule has 0 radical (unpaired) electrons. The SMILES string of the molecule is C=CC[C@@H](CO)N(C(C)C)S(=O)(=O)c1ccc([C@H](C)O)cc1. The van der Waals surface area contributed by atoms with Gasteiger partial charge in [0.15, 0.2) is 0 Å². The fourth-order valence-electron chi connectivity index (χ4n) is 2.39. The van der Waals surface area contributed by atoms with Crippen LogP contribution in [0, 0.1) is 0 Å². The van der Waals surface area contributed by atoms with E-state index < -0.39 is 22.2 Å². The van der Waals surface area contributed by atoms with Crippen molar-refractivity contribution in [3.63, 3.8) is 0 Å². The molecule has 22 heavy (non-hydrogen) atoms. The molecule has 0 aliphatic carbocycles.